The van der Waals surface area contributed by atoms with Crippen LogP contribution >= 0.6 is 22.9 Å². The van der Waals surface area contributed by atoms with E-state index in [9.17, 15) is 9.59 Å². The molecule has 2 amide bonds. The summed E-state index contributed by atoms with van der Waals surface area (Å²) in [7, 11) is 0. The highest BCUT2D eigenvalue weighted by Crippen LogP contribution is 2.21. The van der Waals surface area contributed by atoms with Crippen LogP contribution < -0.4 is 5.32 Å². The zero-order valence-electron chi connectivity index (χ0n) is 8.76. The number of imide groups is 1. The Balaban J connectivity index is 2.69. The fraction of sp³-hybridized carbons (Fsp3) is 0.400. The van der Waals surface area contributed by atoms with Crippen LogP contribution in [-0.4, -0.2) is 11.8 Å². The van der Waals surface area contributed by atoms with Gasteiger partial charge in [-0.2, -0.15) is 0 Å². The summed E-state index contributed by atoms with van der Waals surface area (Å²) < 4.78 is 0.531. The molecular formula is C10H12ClNO2S. The summed E-state index contributed by atoms with van der Waals surface area (Å²) in [6.45, 7) is 5.24. The molecule has 0 aliphatic rings. The van der Waals surface area contributed by atoms with E-state index in [0.29, 0.717) is 9.21 Å². The van der Waals surface area contributed by atoms with Gasteiger partial charge in [-0.05, 0) is 12.1 Å². The first kappa shape index (κ1) is 12.2. The van der Waals surface area contributed by atoms with Gasteiger partial charge < -0.3 is 0 Å². The Morgan fingerprint density at radius 3 is 2.33 bits per heavy atom. The number of hydrogen-bond donors (Lipinski definition) is 1. The van der Waals surface area contributed by atoms with Crippen LogP contribution in [0.15, 0.2) is 12.1 Å². The second-order valence-electron chi connectivity index (χ2n) is 4.14. The standard InChI is InChI=1S/C10H12ClNO2S/c1-10(2,3)9(14)12-8(13)6-4-5-7(11)15-6/h4-5H,1-3H3,(H,12,13,14). The molecule has 1 heterocycles. The van der Waals surface area contributed by atoms with Crippen molar-refractivity contribution in [3.05, 3.63) is 21.3 Å². The van der Waals surface area contributed by atoms with Crippen LogP contribution in [-0.2, 0) is 4.79 Å². The molecule has 82 valence electrons. The van der Waals surface area contributed by atoms with E-state index in [4.69, 9.17) is 11.6 Å². The predicted molar refractivity (Wildman–Crippen MR) is 61.3 cm³/mol. The molecule has 0 saturated heterocycles. The average Bonchev–Trinajstić information content (AvgIpc) is 2.50. The molecule has 0 radical (unpaired) electrons. The molecule has 0 unspecified atom stereocenters. The third kappa shape index (κ3) is 3.32. The Labute approximate surface area is 97.4 Å². The van der Waals surface area contributed by atoms with Crippen molar-refractivity contribution in [2.24, 2.45) is 5.41 Å². The maximum Gasteiger partial charge on any atom is 0.267 e. The van der Waals surface area contributed by atoms with E-state index in [-0.39, 0.29) is 5.91 Å². The molecule has 0 aliphatic carbocycles. The van der Waals surface area contributed by atoms with Crippen molar-refractivity contribution in [1.29, 1.82) is 0 Å². The van der Waals surface area contributed by atoms with Crippen molar-refractivity contribution in [1.82, 2.24) is 5.32 Å². The van der Waals surface area contributed by atoms with Crippen LogP contribution in [0.1, 0.15) is 30.4 Å². The van der Waals surface area contributed by atoms with Gasteiger partial charge in [-0.3, -0.25) is 14.9 Å². The van der Waals surface area contributed by atoms with E-state index in [1.165, 1.54) is 0 Å². The smallest absolute Gasteiger partial charge is 0.267 e. The van der Waals surface area contributed by atoms with Crippen LogP contribution in [0.5, 0.6) is 0 Å². The number of rotatable bonds is 1. The first-order valence-corrected chi connectivity index (χ1v) is 5.61. The quantitative estimate of drug-likeness (QED) is 0.827. The number of thiophene rings is 1. The largest absolute Gasteiger partial charge is 0.291 e. The fourth-order valence-corrected chi connectivity index (χ4v) is 1.73. The maximum atomic E-state index is 11.5. The topological polar surface area (TPSA) is 46.2 Å². The van der Waals surface area contributed by atoms with Crippen molar-refractivity contribution < 1.29 is 9.59 Å². The van der Waals surface area contributed by atoms with Crippen molar-refractivity contribution in [2.75, 3.05) is 0 Å². The molecule has 0 atom stereocenters. The van der Waals surface area contributed by atoms with Gasteiger partial charge in [0, 0.05) is 5.41 Å². The summed E-state index contributed by atoms with van der Waals surface area (Å²) in [4.78, 5) is 23.5. The highest BCUT2D eigenvalue weighted by molar-refractivity contribution is 7.18. The number of halogens is 1. The number of hydrogen-bond acceptors (Lipinski definition) is 3. The molecule has 1 rings (SSSR count). The maximum absolute atomic E-state index is 11.5. The Hall–Kier alpha value is -0.870. The van der Waals surface area contributed by atoms with Gasteiger partial charge in [0.25, 0.3) is 5.91 Å². The molecule has 0 spiro atoms. The lowest BCUT2D eigenvalue weighted by Gasteiger charge is -2.16. The van der Waals surface area contributed by atoms with Crippen molar-refractivity contribution >= 4 is 34.8 Å². The Morgan fingerprint density at radius 2 is 1.93 bits per heavy atom. The number of carbonyl (C=O) groups is 2. The first-order valence-electron chi connectivity index (χ1n) is 4.42. The molecule has 1 aromatic rings. The molecule has 3 nitrogen and oxygen atoms in total. The van der Waals surface area contributed by atoms with Crippen LogP contribution in [0.3, 0.4) is 0 Å². The van der Waals surface area contributed by atoms with Crippen LogP contribution in [0.4, 0.5) is 0 Å². The Bertz CT molecular complexity index is 392. The lowest BCUT2D eigenvalue weighted by Crippen LogP contribution is -2.38. The minimum atomic E-state index is -0.573. The van der Waals surface area contributed by atoms with Crippen LogP contribution in [0, 0.1) is 5.41 Å². The van der Waals surface area contributed by atoms with Gasteiger partial charge in [0.15, 0.2) is 0 Å². The van der Waals surface area contributed by atoms with Gasteiger partial charge in [0.05, 0.1) is 9.21 Å². The lowest BCUT2D eigenvalue weighted by atomic mass is 9.96. The number of amides is 2. The highest BCUT2D eigenvalue weighted by atomic mass is 35.5. The van der Waals surface area contributed by atoms with Crippen LogP contribution in [0.2, 0.25) is 4.34 Å². The summed E-state index contributed by atoms with van der Waals surface area (Å²) in [6.07, 6.45) is 0. The van der Waals surface area contributed by atoms with Gasteiger partial charge in [-0.15, -0.1) is 11.3 Å². The molecule has 1 aromatic heterocycles. The molecule has 1 N–H and O–H groups in total. The Kier molecular flexibility index (Phi) is 3.52. The zero-order valence-corrected chi connectivity index (χ0v) is 10.3. The lowest BCUT2D eigenvalue weighted by molar-refractivity contribution is -0.127. The van der Waals surface area contributed by atoms with Crippen LogP contribution in [0.25, 0.3) is 0 Å². The minimum Gasteiger partial charge on any atom is -0.291 e. The summed E-state index contributed by atoms with van der Waals surface area (Å²) >= 11 is 6.83. The molecule has 0 saturated carbocycles. The second kappa shape index (κ2) is 4.33. The highest BCUT2D eigenvalue weighted by Gasteiger charge is 2.24. The summed E-state index contributed by atoms with van der Waals surface area (Å²) in [5.41, 5.74) is -0.573. The van der Waals surface area contributed by atoms with Gasteiger partial charge >= 0.3 is 0 Å². The SMILES string of the molecule is CC(C)(C)C(=O)NC(=O)c1ccc(Cl)s1. The van der Waals surface area contributed by atoms with Gasteiger partial charge in [0.1, 0.15) is 0 Å². The van der Waals surface area contributed by atoms with E-state index in [0.717, 1.165) is 11.3 Å². The van der Waals surface area contributed by atoms with E-state index < -0.39 is 11.3 Å². The summed E-state index contributed by atoms with van der Waals surface area (Å²) in [6, 6.07) is 3.22. The van der Waals surface area contributed by atoms with E-state index in [1.54, 1.807) is 32.9 Å². The summed E-state index contributed by atoms with van der Waals surface area (Å²) in [5, 5.41) is 2.32. The molecule has 0 aromatic carbocycles. The van der Waals surface area contributed by atoms with Crippen molar-refractivity contribution in [2.45, 2.75) is 20.8 Å². The van der Waals surface area contributed by atoms with E-state index in [1.807, 2.05) is 0 Å². The zero-order chi connectivity index (χ0) is 11.6. The number of carbonyl (C=O) groups excluding carboxylic acids is 2. The molecule has 5 heteroatoms. The molecule has 0 fully saturated rings. The first-order chi connectivity index (χ1) is 6.80. The monoisotopic (exact) mass is 245 g/mol. The Morgan fingerprint density at radius 1 is 1.33 bits per heavy atom. The molecule has 0 bridgehead atoms. The van der Waals surface area contributed by atoms with Gasteiger partial charge in [0.2, 0.25) is 5.91 Å². The van der Waals surface area contributed by atoms with Crippen molar-refractivity contribution in [3.63, 3.8) is 0 Å². The predicted octanol–water partition coefficient (Wildman–Crippen LogP) is 2.70. The van der Waals surface area contributed by atoms with E-state index >= 15 is 0 Å². The number of nitrogens with one attached hydrogen (secondary N) is 1. The molecule has 0 aliphatic heterocycles. The fourth-order valence-electron chi connectivity index (χ4n) is 0.789. The molecule has 15 heavy (non-hydrogen) atoms. The third-order valence-corrected chi connectivity index (χ3v) is 2.94. The average molecular weight is 246 g/mol. The van der Waals surface area contributed by atoms with Crippen molar-refractivity contribution in [3.8, 4) is 0 Å². The normalized spacial score (nSPS) is 11.2. The van der Waals surface area contributed by atoms with Gasteiger partial charge in [-0.1, -0.05) is 32.4 Å². The third-order valence-electron chi connectivity index (χ3n) is 1.71. The summed E-state index contributed by atoms with van der Waals surface area (Å²) in [5.74, 6) is -0.691. The van der Waals surface area contributed by atoms with Gasteiger partial charge in [-0.25, -0.2) is 0 Å². The van der Waals surface area contributed by atoms with E-state index in [2.05, 4.69) is 5.32 Å². The molecular weight excluding hydrogens is 234 g/mol. The second-order valence-corrected chi connectivity index (χ2v) is 5.85. The minimum absolute atomic E-state index is 0.294.